The van der Waals surface area contributed by atoms with E-state index < -0.39 is 87.9 Å². The molecule has 33 heavy (non-hydrogen) atoms. The summed E-state index contributed by atoms with van der Waals surface area (Å²) in [6, 6.07) is 0. The third-order valence-corrected chi connectivity index (χ3v) is 5.34. The summed E-state index contributed by atoms with van der Waals surface area (Å²) in [4.78, 5) is 0. The fraction of sp³-hybridized carbons (Fsp3) is 1.00. The Labute approximate surface area is 214 Å². The van der Waals surface area contributed by atoms with Crippen molar-refractivity contribution >= 4 is 67.8 Å². The van der Waals surface area contributed by atoms with Crippen LogP contribution in [0.25, 0.3) is 0 Å². The molecule has 0 aromatic carbocycles. The summed E-state index contributed by atoms with van der Waals surface area (Å²) in [5.74, 6) is -2.81. The minimum Gasteiger partial charge on any atom is -0.748 e. The van der Waals surface area contributed by atoms with Crippen molar-refractivity contribution in [2.24, 2.45) is 0 Å². The first-order chi connectivity index (χ1) is 13.7. The van der Waals surface area contributed by atoms with Crippen molar-refractivity contribution in [1.29, 1.82) is 0 Å². The van der Waals surface area contributed by atoms with Gasteiger partial charge in [0, 0.05) is 0 Å². The van der Waals surface area contributed by atoms with Crippen LogP contribution in [0.5, 0.6) is 0 Å². The third-order valence-electron chi connectivity index (χ3n) is 1.78. The van der Waals surface area contributed by atoms with Crippen LogP contribution in [-0.4, -0.2) is 147 Å². The second-order valence-corrected chi connectivity index (χ2v) is 12.1. The third kappa shape index (κ3) is 71.9. The fourth-order valence-corrected chi connectivity index (χ4v) is 3.54. The summed E-state index contributed by atoms with van der Waals surface area (Å²) in [6.45, 7) is 4.98. The Hall–Kier alpha value is 0.402. The van der Waals surface area contributed by atoms with Crippen molar-refractivity contribution in [1.82, 2.24) is 0 Å². The minimum atomic E-state index is -4.22. The van der Waals surface area contributed by atoms with E-state index in [2.05, 4.69) is 0 Å². The van der Waals surface area contributed by atoms with E-state index >= 15 is 0 Å². The maximum atomic E-state index is 9.73. The standard InChI is InChI=1S/4C3H8O4S.Pb/c4*1-3(4)2-8(5,6)7;/h4*3-4H,2H2,1H3,(H,5,6,7);/q;;;;+4/p-4. The van der Waals surface area contributed by atoms with Gasteiger partial charge in [-0.2, -0.15) is 0 Å². The molecule has 200 valence electrons. The molecule has 0 saturated heterocycles. The van der Waals surface area contributed by atoms with E-state index in [-0.39, 0.29) is 27.3 Å². The van der Waals surface area contributed by atoms with E-state index in [1.54, 1.807) is 0 Å². The topological polar surface area (TPSA) is 310 Å². The van der Waals surface area contributed by atoms with Gasteiger partial charge in [0.25, 0.3) is 0 Å². The molecule has 0 aliphatic rings. The number of aliphatic hydroxyl groups excluding tert-OH is 4. The van der Waals surface area contributed by atoms with Crippen molar-refractivity contribution in [3.05, 3.63) is 0 Å². The Morgan fingerprint density at radius 1 is 0.455 bits per heavy atom. The molecule has 0 bridgehead atoms. The molecular formula is C12H28O16PbS4. The summed E-state index contributed by atoms with van der Waals surface area (Å²) in [5.41, 5.74) is 0. The molecule has 4 unspecified atom stereocenters. The Bertz CT molecular complexity index is 737. The van der Waals surface area contributed by atoms with Gasteiger partial charge < -0.3 is 38.6 Å². The maximum Gasteiger partial charge on any atom is 4.00 e. The molecule has 0 aliphatic carbocycles. The van der Waals surface area contributed by atoms with Crippen LogP contribution in [0.3, 0.4) is 0 Å². The fourth-order valence-electron chi connectivity index (χ4n) is 1.18. The molecule has 0 heterocycles. The molecule has 0 spiro atoms. The van der Waals surface area contributed by atoms with E-state index in [0.717, 1.165) is 0 Å². The van der Waals surface area contributed by atoms with Crippen LogP contribution >= 0.6 is 0 Å². The second-order valence-electron chi connectivity index (χ2n) is 6.29. The molecule has 16 nitrogen and oxygen atoms in total. The van der Waals surface area contributed by atoms with Gasteiger partial charge in [0.2, 0.25) is 0 Å². The van der Waals surface area contributed by atoms with Crippen molar-refractivity contribution in [3.8, 4) is 0 Å². The number of hydrogen-bond donors (Lipinski definition) is 4. The molecule has 0 rings (SSSR count). The van der Waals surface area contributed by atoms with Gasteiger partial charge in [-0.1, -0.05) is 0 Å². The van der Waals surface area contributed by atoms with Gasteiger partial charge in [0.1, 0.15) is 0 Å². The molecule has 4 atom stereocenters. The van der Waals surface area contributed by atoms with Crippen LogP contribution in [0.2, 0.25) is 0 Å². The molecule has 21 heteroatoms. The first-order valence-electron chi connectivity index (χ1n) is 8.13. The minimum absolute atomic E-state index is 0. The molecule has 0 amide bonds. The number of hydrogen-bond acceptors (Lipinski definition) is 16. The Morgan fingerprint density at radius 3 is 0.545 bits per heavy atom. The van der Waals surface area contributed by atoms with Crippen LogP contribution < -0.4 is 0 Å². The SMILES string of the molecule is CC(O)CS(=O)(=O)[O-].CC(O)CS(=O)(=O)[O-].CC(O)CS(=O)(=O)[O-].CC(O)CS(=O)(=O)[O-].[Pb+4]. The molecule has 0 aliphatic heterocycles. The first kappa shape index (κ1) is 43.5. The zero-order chi connectivity index (χ0) is 27.1. The van der Waals surface area contributed by atoms with Gasteiger partial charge >= 0.3 is 27.3 Å². The zero-order valence-corrected chi connectivity index (χ0v) is 25.1. The molecule has 0 radical (unpaired) electrons. The molecule has 0 aromatic heterocycles. The van der Waals surface area contributed by atoms with E-state index in [1.807, 2.05) is 0 Å². The van der Waals surface area contributed by atoms with Gasteiger partial charge in [-0.25, -0.2) is 33.7 Å². The van der Waals surface area contributed by atoms with E-state index in [1.165, 1.54) is 27.7 Å². The number of rotatable bonds is 8. The largest absolute Gasteiger partial charge is 4.00 e. The van der Waals surface area contributed by atoms with Crippen LogP contribution in [0.15, 0.2) is 0 Å². The first-order valence-corrected chi connectivity index (χ1v) is 14.4. The average Bonchev–Trinajstić information content (AvgIpc) is 2.26. The average molecular weight is 764 g/mol. The molecule has 0 aromatic rings. The van der Waals surface area contributed by atoms with Crippen molar-refractivity contribution in [2.75, 3.05) is 23.0 Å². The summed E-state index contributed by atoms with van der Waals surface area (Å²) in [6.07, 6.45) is -4.23. The quantitative estimate of drug-likeness (QED) is 0.133. The zero-order valence-electron chi connectivity index (χ0n) is 18.0. The van der Waals surface area contributed by atoms with Gasteiger partial charge in [-0.3, -0.25) is 0 Å². The van der Waals surface area contributed by atoms with E-state index in [0.29, 0.717) is 0 Å². The van der Waals surface area contributed by atoms with Crippen LogP contribution in [0, 0.1) is 0 Å². The second kappa shape index (κ2) is 19.6. The monoisotopic (exact) mass is 764 g/mol. The van der Waals surface area contributed by atoms with E-state index in [9.17, 15) is 51.9 Å². The summed E-state index contributed by atoms with van der Waals surface area (Å²) < 4.78 is 117. The van der Waals surface area contributed by atoms with Gasteiger partial charge in [0.05, 0.1) is 87.9 Å². The Morgan fingerprint density at radius 2 is 0.545 bits per heavy atom. The van der Waals surface area contributed by atoms with Gasteiger partial charge in [-0.05, 0) is 27.7 Å². The summed E-state index contributed by atoms with van der Waals surface area (Å²) >= 11 is 0. The molecule has 0 fully saturated rings. The molecule has 4 N–H and O–H groups in total. The summed E-state index contributed by atoms with van der Waals surface area (Å²) in [7, 11) is -16.9. The summed E-state index contributed by atoms with van der Waals surface area (Å²) in [5, 5.41) is 33.2. The van der Waals surface area contributed by atoms with Crippen molar-refractivity contribution in [2.45, 2.75) is 52.1 Å². The number of aliphatic hydroxyl groups is 4. The van der Waals surface area contributed by atoms with Crippen LogP contribution in [0.4, 0.5) is 0 Å². The van der Waals surface area contributed by atoms with Crippen molar-refractivity contribution in [3.63, 3.8) is 0 Å². The van der Waals surface area contributed by atoms with Gasteiger partial charge in [0.15, 0.2) is 0 Å². The normalized spacial score (nSPS) is 15.4. The molecular weight excluding hydrogens is 736 g/mol. The molecule has 0 saturated carbocycles. The Kier molecular flexibility index (Phi) is 25.8. The predicted octanol–water partition coefficient (Wildman–Crippen LogP) is -4.73. The van der Waals surface area contributed by atoms with Crippen molar-refractivity contribution < 1.29 is 72.3 Å². The Balaban J connectivity index is -0.000000105. The van der Waals surface area contributed by atoms with Crippen LogP contribution in [0.1, 0.15) is 27.7 Å². The van der Waals surface area contributed by atoms with E-state index in [4.69, 9.17) is 20.4 Å². The van der Waals surface area contributed by atoms with Crippen LogP contribution in [-0.2, 0) is 40.5 Å². The predicted molar refractivity (Wildman–Crippen MR) is 111 cm³/mol. The smallest absolute Gasteiger partial charge is 0.748 e. The van der Waals surface area contributed by atoms with Gasteiger partial charge in [-0.15, -0.1) is 0 Å². The maximum absolute atomic E-state index is 9.73.